The van der Waals surface area contributed by atoms with Crippen molar-refractivity contribution in [1.29, 1.82) is 0 Å². The third-order valence-corrected chi connectivity index (χ3v) is 5.35. The molecule has 0 aliphatic carbocycles. The smallest absolute Gasteiger partial charge is 0.338 e. The molecule has 1 atom stereocenters. The lowest BCUT2D eigenvalue weighted by Crippen LogP contribution is -2.05. The Morgan fingerprint density at radius 1 is 1.00 bits per heavy atom. The zero-order valence-electron chi connectivity index (χ0n) is 13.1. The van der Waals surface area contributed by atoms with Gasteiger partial charge in [-0.15, -0.1) is 0 Å². The van der Waals surface area contributed by atoms with Gasteiger partial charge in [-0.05, 0) is 29.1 Å². The lowest BCUT2D eigenvalue weighted by atomic mass is 10.0. The van der Waals surface area contributed by atoms with E-state index in [4.69, 9.17) is 4.74 Å². The van der Waals surface area contributed by atoms with Gasteiger partial charge >= 0.3 is 5.97 Å². The maximum absolute atomic E-state index is 13.2. The van der Waals surface area contributed by atoms with E-state index >= 15 is 0 Å². The van der Waals surface area contributed by atoms with Crippen molar-refractivity contribution in [2.24, 2.45) is 0 Å². The number of carbonyl (C=O) groups is 1. The molecular formula is C19H16O4S. The zero-order chi connectivity index (χ0) is 17.1. The predicted octanol–water partition coefficient (Wildman–Crippen LogP) is 3.29. The van der Waals surface area contributed by atoms with Gasteiger partial charge in [-0.25, -0.2) is 9.00 Å². The van der Waals surface area contributed by atoms with Crippen LogP contribution in [-0.4, -0.2) is 22.4 Å². The molecular weight excluding hydrogens is 324 g/mol. The highest BCUT2D eigenvalue weighted by molar-refractivity contribution is 7.85. The molecule has 0 bridgehead atoms. The van der Waals surface area contributed by atoms with Crippen molar-refractivity contribution < 1.29 is 18.8 Å². The van der Waals surface area contributed by atoms with E-state index in [1.54, 1.807) is 48.5 Å². The van der Waals surface area contributed by atoms with Crippen molar-refractivity contribution in [1.82, 2.24) is 0 Å². The van der Waals surface area contributed by atoms with Crippen LogP contribution in [0.2, 0.25) is 0 Å². The normalized spacial score (nSPS) is 12.1. The molecule has 0 aliphatic rings. The summed E-state index contributed by atoms with van der Waals surface area (Å²) >= 11 is 0. The second kappa shape index (κ2) is 6.95. The molecule has 3 aromatic rings. The summed E-state index contributed by atoms with van der Waals surface area (Å²) in [5.41, 5.74) is 0.976. The van der Waals surface area contributed by atoms with E-state index in [1.165, 1.54) is 7.11 Å². The lowest BCUT2D eigenvalue weighted by Gasteiger charge is -2.12. The molecule has 1 N–H and O–H groups in total. The molecule has 3 aromatic carbocycles. The van der Waals surface area contributed by atoms with Gasteiger partial charge in [0.05, 0.1) is 35.0 Å². The molecule has 0 aromatic heterocycles. The van der Waals surface area contributed by atoms with Crippen molar-refractivity contribution in [2.75, 3.05) is 7.11 Å². The number of methoxy groups -OCH3 is 1. The van der Waals surface area contributed by atoms with Gasteiger partial charge in [0.2, 0.25) is 0 Å². The van der Waals surface area contributed by atoms with Gasteiger partial charge in [0.25, 0.3) is 0 Å². The van der Waals surface area contributed by atoms with Crippen molar-refractivity contribution in [2.45, 2.75) is 16.4 Å². The first-order valence-electron chi connectivity index (χ1n) is 7.38. The summed E-state index contributed by atoms with van der Waals surface area (Å²) in [7, 11) is -0.208. The minimum Gasteiger partial charge on any atom is -0.465 e. The number of carbonyl (C=O) groups excluding carboxylic acids is 1. The van der Waals surface area contributed by atoms with Gasteiger partial charge < -0.3 is 9.84 Å². The number of aliphatic hydroxyl groups is 1. The molecule has 0 heterocycles. The van der Waals surface area contributed by atoms with Crippen LogP contribution in [0.25, 0.3) is 10.8 Å². The number of hydrogen-bond acceptors (Lipinski definition) is 4. The number of esters is 1. The molecule has 0 radical (unpaired) electrons. The molecule has 0 amide bonds. The average Bonchev–Trinajstić information content (AvgIpc) is 2.65. The third kappa shape index (κ3) is 2.84. The van der Waals surface area contributed by atoms with Crippen LogP contribution >= 0.6 is 0 Å². The molecule has 0 fully saturated rings. The SMILES string of the molecule is COC(=O)c1cccc2cccc(S(=O)c3ccccc3CO)c12. The Bertz CT molecular complexity index is 928. The van der Waals surface area contributed by atoms with Crippen LogP contribution in [0.3, 0.4) is 0 Å². The second-order valence-corrected chi connectivity index (χ2v) is 6.60. The van der Waals surface area contributed by atoms with Gasteiger partial charge in [-0.1, -0.05) is 42.5 Å². The van der Waals surface area contributed by atoms with Gasteiger partial charge in [-0.3, -0.25) is 0 Å². The Morgan fingerprint density at radius 2 is 1.67 bits per heavy atom. The summed E-state index contributed by atoms with van der Waals surface area (Å²) in [6.45, 7) is -0.198. The highest BCUT2D eigenvalue weighted by Gasteiger charge is 2.19. The molecule has 24 heavy (non-hydrogen) atoms. The monoisotopic (exact) mass is 340 g/mol. The summed E-state index contributed by atoms with van der Waals surface area (Å²) in [6, 6.07) is 17.7. The van der Waals surface area contributed by atoms with E-state index in [2.05, 4.69) is 0 Å². The van der Waals surface area contributed by atoms with Crippen LogP contribution in [0, 0.1) is 0 Å². The minimum absolute atomic E-state index is 0.198. The van der Waals surface area contributed by atoms with Crippen LogP contribution in [0.15, 0.2) is 70.5 Å². The average molecular weight is 340 g/mol. The number of rotatable bonds is 4. The summed E-state index contributed by atoms with van der Waals surface area (Å²) < 4.78 is 18.0. The van der Waals surface area contributed by atoms with Crippen LogP contribution in [-0.2, 0) is 22.1 Å². The number of benzene rings is 3. The van der Waals surface area contributed by atoms with Gasteiger partial charge in [0.15, 0.2) is 0 Å². The summed E-state index contributed by atoms with van der Waals surface area (Å²) in [6.07, 6.45) is 0. The fourth-order valence-corrected chi connectivity index (χ4v) is 4.10. The Labute approximate surface area is 142 Å². The van der Waals surface area contributed by atoms with Crippen molar-refractivity contribution in [3.63, 3.8) is 0 Å². The fourth-order valence-electron chi connectivity index (χ4n) is 2.67. The highest BCUT2D eigenvalue weighted by atomic mass is 32.2. The first-order chi connectivity index (χ1) is 11.7. The van der Waals surface area contributed by atoms with E-state index in [0.717, 1.165) is 5.39 Å². The third-order valence-electron chi connectivity index (χ3n) is 3.81. The van der Waals surface area contributed by atoms with Gasteiger partial charge in [0.1, 0.15) is 0 Å². The lowest BCUT2D eigenvalue weighted by molar-refractivity contribution is 0.0603. The van der Waals surface area contributed by atoms with E-state index < -0.39 is 16.8 Å². The van der Waals surface area contributed by atoms with Crippen LogP contribution in [0.4, 0.5) is 0 Å². The number of hydrogen-bond donors (Lipinski definition) is 1. The largest absolute Gasteiger partial charge is 0.465 e. The maximum Gasteiger partial charge on any atom is 0.338 e. The van der Waals surface area contributed by atoms with E-state index in [9.17, 15) is 14.1 Å². The number of ether oxygens (including phenoxy) is 1. The molecule has 5 heteroatoms. The minimum atomic E-state index is -1.53. The van der Waals surface area contributed by atoms with Crippen molar-refractivity contribution in [3.05, 3.63) is 71.8 Å². The van der Waals surface area contributed by atoms with E-state index in [-0.39, 0.29) is 6.61 Å². The van der Waals surface area contributed by atoms with Crippen LogP contribution < -0.4 is 0 Å². The summed E-state index contributed by atoms with van der Waals surface area (Å²) in [5.74, 6) is -0.472. The molecule has 1 unspecified atom stereocenters. The summed E-state index contributed by atoms with van der Waals surface area (Å²) in [5, 5.41) is 10.9. The maximum atomic E-state index is 13.2. The van der Waals surface area contributed by atoms with Crippen molar-refractivity contribution in [3.8, 4) is 0 Å². The standard InChI is InChI=1S/C19H16O4S/c1-23-19(21)15-9-4-7-13-8-5-11-17(18(13)15)24(22)16-10-3-2-6-14(16)12-20/h2-11,20H,12H2,1H3. The highest BCUT2D eigenvalue weighted by Crippen LogP contribution is 2.30. The molecule has 0 saturated heterocycles. The Hall–Kier alpha value is -2.50. The first-order valence-corrected chi connectivity index (χ1v) is 8.53. The molecule has 4 nitrogen and oxygen atoms in total. The Balaban J connectivity index is 2.26. The topological polar surface area (TPSA) is 63.6 Å². The first kappa shape index (κ1) is 16.4. The zero-order valence-corrected chi connectivity index (χ0v) is 13.9. The second-order valence-electron chi connectivity index (χ2n) is 5.19. The molecule has 122 valence electrons. The van der Waals surface area contributed by atoms with E-state index in [1.807, 2.05) is 12.1 Å². The van der Waals surface area contributed by atoms with Gasteiger partial charge in [0, 0.05) is 10.3 Å². The van der Waals surface area contributed by atoms with Gasteiger partial charge in [-0.2, -0.15) is 0 Å². The van der Waals surface area contributed by atoms with Crippen LogP contribution in [0.5, 0.6) is 0 Å². The van der Waals surface area contributed by atoms with Crippen LogP contribution in [0.1, 0.15) is 15.9 Å². The van der Waals surface area contributed by atoms with E-state index in [0.29, 0.717) is 26.3 Å². The number of fused-ring (bicyclic) bond motifs is 1. The predicted molar refractivity (Wildman–Crippen MR) is 92.3 cm³/mol. The molecule has 0 aliphatic heterocycles. The van der Waals surface area contributed by atoms with Crippen molar-refractivity contribution >= 4 is 27.5 Å². The number of aliphatic hydroxyl groups excluding tert-OH is 1. The Kier molecular flexibility index (Phi) is 4.74. The quantitative estimate of drug-likeness (QED) is 0.740. The fraction of sp³-hybridized carbons (Fsp3) is 0.105. The molecule has 0 saturated carbocycles. The Morgan fingerprint density at radius 3 is 2.38 bits per heavy atom. The molecule has 3 rings (SSSR count). The molecule has 0 spiro atoms. The summed E-state index contributed by atoms with van der Waals surface area (Å²) in [4.78, 5) is 13.2.